The van der Waals surface area contributed by atoms with E-state index in [4.69, 9.17) is 10.9 Å². The second-order valence-electron chi connectivity index (χ2n) is 3.74. The number of carbonyl (C=O) groups is 1. The van der Waals surface area contributed by atoms with E-state index in [-0.39, 0.29) is 11.9 Å². The van der Waals surface area contributed by atoms with Gasteiger partial charge in [-0.05, 0) is 5.56 Å². The lowest BCUT2D eigenvalue weighted by atomic mass is 10.1. The van der Waals surface area contributed by atoms with Gasteiger partial charge in [-0.15, -0.1) is 0 Å². The van der Waals surface area contributed by atoms with Crippen molar-refractivity contribution in [3.63, 3.8) is 0 Å². The van der Waals surface area contributed by atoms with E-state index < -0.39 is 0 Å². The molecule has 1 aromatic rings. The molecule has 0 atom stereocenters. The number of oxime groups is 1. The molecule has 4 N–H and O–H groups in total. The molecule has 17 heavy (non-hydrogen) atoms. The van der Waals surface area contributed by atoms with Gasteiger partial charge in [0.1, 0.15) is 0 Å². The maximum atomic E-state index is 11.3. The fourth-order valence-corrected chi connectivity index (χ4v) is 1.19. The predicted octanol–water partition coefficient (Wildman–Crippen LogP) is 0.552. The van der Waals surface area contributed by atoms with Crippen LogP contribution in [0.25, 0.3) is 0 Å². The van der Waals surface area contributed by atoms with Crippen LogP contribution in [0.3, 0.4) is 0 Å². The second kappa shape index (κ2) is 5.74. The molecule has 2 amide bonds. The van der Waals surface area contributed by atoms with Crippen LogP contribution < -0.4 is 11.1 Å². The Kier molecular flexibility index (Phi) is 4.33. The Bertz CT molecular complexity index is 412. The molecule has 0 aliphatic heterocycles. The number of hydrogen-bond acceptors (Lipinski definition) is 3. The molecule has 0 aromatic heterocycles. The Morgan fingerprint density at radius 2 is 2.00 bits per heavy atom. The molecule has 0 saturated heterocycles. The smallest absolute Gasteiger partial charge is 0.317 e. The number of nitrogens with zero attached hydrogens (tertiary/aromatic N) is 2. The predicted molar refractivity (Wildman–Crippen MR) is 64.9 cm³/mol. The molecule has 0 aliphatic carbocycles. The molecule has 0 saturated carbocycles. The molecule has 1 rings (SSSR count). The Hall–Kier alpha value is -2.24. The molecule has 0 bridgehead atoms. The van der Waals surface area contributed by atoms with E-state index in [2.05, 4.69) is 10.5 Å². The minimum absolute atomic E-state index is 0.0638. The van der Waals surface area contributed by atoms with Crippen LogP contribution in [0.4, 0.5) is 4.79 Å². The van der Waals surface area contributed by atoms with Gasteiger partial charge >= 0.3 is 6.03 Å². The Morgan fingerprint density at radius 1 is 1.41 bits per heavy atom. The van der Waals surface area contributed by atoms with E-state index in [1.165, 1.54) is 4.90 Å². The average molecular weight is 236 g/mol. The van der Waals surface area contributed by atoms with Crippen LogP contribution in [0.5, 0.6) is 0 Å². The Morgan fingerprint density at radius 3 is 2.47 bits per heavy atom. The number of amidine groups is 1. The highest BCUT2D eigenvalue weighted by Crippen LogP contribution is 2.04. The third-order valence-electron chi connectivity index (χ3n) is 2.21. The van der Waals surface area contributed by atoms with Crippen molar-refractivity contribution in [2.75, 3.05) is 14.1 Å². The Labute approximate surface area is 99.7 Å². The zero-order valence-electron chi connectivity index (χ0n) is 9.84. The van der Waals surface area contributed by atoms with Gasteiger partial charge in [0.05, 0.1) is 0 Å². The summed E-state index contributed by atoms with van der Waals surface area (Å²) < 4.78 is 0. The number of amides is 2. The van der Waals surface area contributed by atoms with E-state index >= 15 is 0 Å². The van der Waals surface area contributed by atoms with Crippen molar-refractivity contribution in [1.82, 2.24) is 10.2 Å². The highest BCUT2D eigenvalue weighted by Gasteiger charge is 2.03. The van der Waals surface area contributed by atoms with Crippen molar-refractivity contribution in [2.45, 2.75) is 6.54 Å². The van der Waals surface area contributed by atoms with Crippen molar-refractivity contribution in [1.29, 1.82) is 0 Å². The van der Waals surface area contributed by atoms with Crippen LogP contribution in [-0.4, -0.2) is 36.1 Å². The lowest BCUT2D eigenvalue weighted by Crippen LogP contribution is -2.33. The summed E-state index contributed by atoms with van der Waals surface area (Å²) in [5.74, 6) is 0.0638. The first-order valence-corrected chi connectivity index (χ1v) is 5.06. The summed E-state index contributed by atoms with van der Waals surface area (Å²) in [7, 11) is 3.35. The van der Waals surface area contributed by atoms with Crippen molar-refractivity contribution in [3.05, 3.63) is 35.4 Å². The van der Waals surface area contributed by atoms with Gasteiger partial charge in [0.2, 0.25) is 0 Å². The van der Waals surface area contributed by atoms with Gasteiger partial charge in [0.15, 0.2) is 5.84 Å². The van der Waals surface area contributed by atoms with Crippen LogP contribution >= 0.6 is 0 Å². The summed E-state index contributed by atoms with van der Waals surface area (Å²) in [6.07, 6.45) is 0. The molecular weight excluding hydrogens is 220 g/mol. The maximum absolute atomic E-state index is 11.3. The van der Waals surface area contributed by atoms with Gasteiger partial charge in [-0.3, -0.25) is 0 Å². The van der Waals surface area contributed by atoms with Gasteiger partial charge in [-0.1, -0.05) is 29.4 Å². The first-order valence-electron chi connectivity index (χ1n) is 5.06. The zero-order valence-corrected chi connectivity index (χ0v) is 9.84. The third-order valence-corrected chi connectivity index (χ3v) is 2.21. The van der Waals surface area contributed by atoms with Crippen molar-refractivity contribution in [2.24, 2.45) is 10.9 Å². The highest BCUT2D eigenvalue weighted by atomic mass is 16.4. The number of hydrogen-bond donors (Lipinski definition) is 3. The first-order chi connectivity index (χ1) is 8.04. The van der Waals surface area contributed by atoms with Crippen LogP contribution in [-0.2, 0) is 6.54 Å². The number of nitrogens with two attached hydrogens (primary N) is 1. The SMILES string of the molecule is CN(C)C(=O)NCc1ccc(C(N)=NO)cc1. The van der Waals surface area contributed by atoms with E-state index in [9.17, 15) is 4.79 Å². The fourth-order valence-electron chi connectivity index (χ4n) is 1.19. The van der Waals surface area contributed by atoms with Crippen LogP contribution in [0.15, 0.2) is 29.4 Å². The lowest BCUT2D eigenvalue weighted by molar-refractivity contribution is 0.217. The number of carbonyl (C=O) groups excluding carboxylic acids is 1. The van der Waals surface area contributed by atoms with Gasteiger partial charge < -0.3 is 21.2 Å². The van der Waals surface area contributed by atoms with Gasteiger partial charge in [0.25, 0.3) is 0 Å². The molecule has 1 aromatic carbocycles. The van der Waals surface area contributed by atoms with E-state index in [1.54, 1.807) is 26.2 Å². The molecule has 0 spiro atoms. The van der Waals surface area contributed by atoms with Crippen LogP contribution in [0.1, 0.15) is 11.1 Å². The van der Waals surface area contributed by atoms with Gasteiger partial charge in [0, 0.05) is 26.2 Å². The maximum Gasteiger partial charge on any atom is 0.317 e. The first kappa shape index (κ1) is 12.8. The standard InChI is InChI=1S/C11H16N4O2/c1-15(2)11(16)13-7-8-3-5-9(6-4-8)10(12)14-17/h3-6,17H,7H2,1-2H3,(H2,12,14)(H,13,16). The summed E-state index contributed by atoms with van der Waals surface area (Å²) in [6, 6.07) is 6.93. The quantitative estimate of drug-likeness (QED) is 0.310. The molecule has 0 radical (unpaired) electrons. The molecule has 92 valence electrons. The molecule has 0 heterocycles. The van der Waals surface area contributed by atoms with Crippen molar-refractivity contribution < 1.29 is 10.0 Å². The normalized spacial score (nSPS) is 11.1. The summed E-state index contributed by atoms with van der Waals surface area (Å²) in [5.41, 5.74) is 7.00. The largest absolute Gasteiger partial charge is 0.409 e. The molecule has 0 unspecified atom stereocenters. The number of rotatable bonds is 3. The second-order valence-corrected chi connectivity index (χ2v) is 3.74. The molecule has 0 aliphatic rings. The third kappa shape index (κ3) is 3.67. The molecule has 6 nitrogen and oxygen atoms in total. The van der Waals surface area contributed by atoms with Crippen LogP contribution in [0.2, 0.25) is 0 Å². The number of benzene rings is 1. The molecule has 0 fully saturated rings. The van der Waals surface area contributed by atoms with E-state index in [0.29, 0.717) is 12.1 Å². The monoisotopic (exact) mass is 236 g/mol. The van der Waals surface area contributed by atoms with Crippen molar-refractivity contribution >= 4 is 11.9 Å². The summed E-state index contributed by atoms with van der Waals surface area (Å²) in [6.45, 7) is 0.438. The fraction of sp³-hybridized carbons (Fsp3) is 0.273. The minimum Gasteiger partial charge on any atom is -0.409 e. The Balaban J connectivity index is 2.60. The zero-order chi connectivity index (χ0) is 12.8. The van der Waals surface area contributed by atoms with Gasteiger partial charge in [-0.2, -0.15) is 0 Å². The summed E-state index contributed by atoms with van der Waals surface area (Å²) in [5, 5.41) is 14.1. The molecular formula is C11H16N4O2. The number of urea groups is 1. The van der Waals surface area contributed by atoms with Crippen LogP contribution in [0, 0.1) is 0 Å². The average Bonchev–Trinajstić information content (AvgIpc) is 2.35. The lowest BCUT2D eigenvalue weighted by Gasteiger charge is -2.12. The number of nitrogens with one attached hydrogen (secondary N) is 1. The van der Waals surface area contributed by atoms with E-state index in [1.807, 2.05) is 12.1 Å². The molecule has 6 heteroatoms. The highest BCUT2D eigenvalue weighted by molar-refractivity contribution is 5.96. The summed E-state index contributed by atoms with van der Waals surface area (Å²) >= 11 is 0. The summed E-state index contributed by atoms with van der Waals surface area (Å²) in [4.78, 5) is 12.7. The minimum atomic E-state index is -0.148. The van der Waals surface area contributed by atoms with Gasteiger partial charge in [-0.25, -0.2) is 4.79 Å². The van der Waals surface area contributed by atoms with Crippen molar-refractivity contribution in [3.8, 4) is 0 Å². The topological polar surface area (TPSA) is 91.0 Å². The van der Waals surface area contributed by atoms with E-state index in [0.717, 1.165) is 5.56 Å².